The molecule has 0 saturated heterocycles. The zero-order valence-electron chi connectivity index (χ0n) is 16.3. The molecule has 10 heteroatoms. The molecule has 2 aromatic rings. The molecular formula is C20H21ClN4O4S. The van der Waals surface area contributed by atoms with Crippen LogP contribution in [0.4, 0.5) is 5.00 Å². The third-order valence-corrected chi connectivity index (χ3v) is 6.39. The summed E-state index contributed by atoms with van der Waals surface area (Å²) in [6, 6.07) is 6.46. The Hall–Kier alpha value is -2.75. The number of likely N-dealkylation sites (N-methyl/N-ethyl adjacent to an activating group) is 1. The molecule has 0 spiro atoms. The van der Waals surface area contributed by atoms with E-state index in [9.17, 15) is 19.2 Å². The van der Waals surface area contributed by atoms with Gasteiger partial charge < -0.3 is 11.1 Å². The third kappa shape index (κ3) is 3.71. The predicted octanol–water partition coefficient (Wildman–Crippen LogP) is 1.88. The maximum Gasteiger partial charge on any atom is 0.262 e. The van der Waals surface area contributed by atoms with Crippen molar-refractivity contribution < 1.29 is 19.2 Å². The number of hydrogen-bond donors (Lipinski definition) is 2. The van der Waals surface area contributed by atoms with Crippen LogP contribution in [0.3, 0.4) is 0 Å². The lowest BCUT2D eigenvalue weighted by Gasteiger charge is -2.25. The van der Waals surface area contributed by atoms with Crippen LogP contribution in [-0.4, -0.2) is 53.1 Å². The van der Waals surface area contributed by atoms with Crippen molar-refractivity contribution in [1.82, 2.24) is 9.80 Å². The Kier molecular flexibility index (Phi) is 6.25. The van der Waals surface area contributed by atoms with Crippen LogP contribution in [0, 0.1) is 0 Å². The van der Waals surface area contributed by atoms with Crippen molar-refractivity contribution in [3.63, 3.8) is 0 Å². The van der Waals surface area contributed by atoms with Crippen molar-refractivity contribution in [3.8, 4) is 0 Å². The Balaban J connectivity index is 0.00000256. The zero-order chi connectivity index (χ0) is 20.7. The second-order valence-electron chi connectivity index (χ2n) is 6.98. The van der Waals surface area contributed by atoms with Crippen molar-refractivity contribution in [2.75, 3.05) is 25.0 Å². The molecule has 3 heterocycles. The van der Waals surface area contributed by atoms with Crippen LogP contribution in [0.15, 0.2) is 24.3 Å². The molecule has 4 amide bonds. The number of carbonyl (C=O) groups excluding carboxylic acids is 4. The summed E-state index contributed by atoms with van der Waals surface area (Å²) >= 11 is 1.32. The highest BCUT2D eigenvalue weighted by atomic mass is 35.5. The van der Waals surface area contributed by atoms with Gasteiger partial charge in [-0.25, -0.2) is 0 Å². The number of carbonyl (C=O) groups is 4. The number of thiophene rings is 1. The number of primary amides is 1. The minimum Gasteiger partial charge on any atom is -0.365 e. The van der Waals surface area contributed by atoms with Gasteiger partial charge in [-0.15, -0.1) is 23.7 Å². The number of nitrogens with zero attached hydrogens (tertiary/aromatic N) is 2. The lowest BCUT2D eigenvalue weighted by molar-refractivity contribution is -0.116. The average Bonchev–Trinajstić information content (AvgIpc) is 3.18. The Bertz CT molecular complexity index is 1020. The van der Waals surface area contributed by atoms with E-state index < -0.39 is 30.2 Å². The summed E-state index contributed by atoms with van der Waals surface area (Å²) < 4.78 is 0. The summed E-state index contributed by atoms with van der Waals surface area (Å²) in [5.74, 6) is -2.14. The molecule has 0 radical (unpaired) electrons. The highest BCUT2D eigenvalue weighted by Gasteiger charge is 2.36. The van der Waals surface area contributed by atoms with E-state index in [1.165, 1.54) is 11.3 Å². The molecule has 2 aliphatic rings. The fourth-order valence-corrected chi connectivity index (χ4v) is 5.08. The second-order valence-corrected chi connectivity index (χ2v) is 8.09. The van der Waals surface area contributed by atoms with E-state index in [-0.39, 0.29) is 23.5 Å². The van der Waals surface area contributed by atoms with Crippen molar-refractivity contribution in [2.24, 2.45) is 5.73 Å². The molecule has 0 bridgehead atoms. The summed E-state index contributed by atoms with van der Waals surface area (Å²) in [6.07, 6.45) is 0.687. The van der Waals surface area contributed by atoms with Crippen LogP contribution in [-0.2, 0) is 17.8 Å². The monoisotopic (exact) mass is 448 g/mol. The fourth-order valence-electron chi connectivity index (χ4n) is 3.77. The molecular weight excluding hydrogens is 428 g/mol. The van der Waals surface area contributed by atoms with E-state index in [1.807, 2.05) is 0 Å². The van der Waals surface area contributed by atoms with Gasteiger partial charge in [-0.3, -0.25) is 29.0 Å². The number of rotatable bonds is 5. The SMILES string of the molecule is CCN1CCc2c(sc(NC(=O)CN3C(=O)c4ccccc4C3=O)c2C(N)=O)C1.Cl. The molecule has 0 aliphatic carbocycles. The van der Waals surface area contributed by atoms with Crippen molar-refractivity contribution in [1.29, 1.82) is 0 Å². The van der Waals surface area contributed by atoms with Gasteiger partial charge in [0.15, 0.2) is 0 Å². The van der Waals surface area contributed by atoms with Crippen LogP contribution < -0.4 is 11.1 Å². The van der Waals surface area contributed by atoms with Crippen molar-refractivity contribution in [3.05, 3.63) is 51.4 Å². The molecule has 158 valence electrons. The molecule has 0 unspecified atom stereocenters. The molecule has 4 rings (SSSR count). The number of nitrogens with one attached hydrogen (secondary N) is 1. The minimum atomic E-state index is -0.594. The highest BCUT2D eigenvalue weighted by Crippen LogP contribution is 2.37. The predicted molar refractivity (Wildman–Crippen MR) is 115 cm³/mol. The van der Waals surface area contributed by atoms with Gasteiger partial charge in [0.1, 0.15) is 11.5 Å². The van der Waals surface area contributed by atoms with Crippen LogP contribution in [0.25, 0.3) is 0 Å². The standard InChI is InChI=1S/C20H20N4O4S.ClH/c1-2-23-8-7-13-14(9-23)29-18(16(13)17(21)26)22-15(25)10-24-19(27)11-5-3-4-6-12(11)20(24)28;/h3-6H,2,7-10H2,1H3,(H2,21,26)(H,22,25);1H. The van der Waals surface area contributed by atoms with Gasteiger partial charge in [-0.1, -0.05) is 19.1 Å². The number of halogens is 1. The second kappa shape index (κ2) is 8.55. The lowest BCUT2D eigenvalue weighted by atomic mass is 10.0. The maximum atomic E-state index is 12.6. The topological polar surface area (TPSA) is 113 Å². The number of nitrogens with two attached hydrogens (primary N) is 1. The van der Waals surface area contributed by atoms with E-state index >= 15 is 0 Å². The van der Waals surface area contributed by atoms with Gasteiger partial charge in [-0.05, 0) is 30.7 Å². The number of amides is 4. The molecule has 1 aromatic carbocycles. The summed E-state index contributed by atoms with van der Waals surface area (Å²) in [5.41, 5.74) is 7.36. The Morgan fingerprint density at radius 1 is 1.17 bits per heavy atom. The normalized spacial score (nSPS) is 15.4. The van der Waals surface area contributed by atoms with Gasteiger partial charge in [0.05, 0.1) is 16.7 Å². The Labute approximate surface area is 183 Å². The Morgan fingerprint density at radius 3 is 2.37 bits per heavy atom. The van der Waals surface area contributed by atoms with Gasteiger partial charge >= 0.3 is 0 Å². The summed E-state index contributed by atoms with van der Waals surface area (Å²) in [4.78, 5) is 53.7. The fraction of sp³-hybridized carbons (Fsp3) is 0.300. The van der Waals surface area contributed by atoms with Gasteiger partial charge in [0.2, 0.25) is 5.91 Å². The third-order valence-electron chi connectivity index (χ3n) is 5.26. The van der Waals surface area contributed by atoms with Crippen LogP contribution in [0.5, 0.6) is 0 Å². The molecule has 2 aliphatic heterocycles. The number of benzene rings is 1. The number of anilines is 1. The molecule has 3 N–H and O–H groups in total. The first-order valence-corrected chi connectivity index (χ1v) is 10.1. The molecule has 0 saturated carbocycles. The number of fused-ring (bicyclic) bond motifs is 2. The number of hydrogen-bond acceptors (Lipinski definition) is 6. The zero-order valence-corrected chi connectivity index (χ0v) is 17.9. The van der Waals surface area contributed by atoms with Crippen LogP contribution in [0.2, 0.25) is 0 Å². The van der Waals surface area contributed by atoms with E-state index in [0.717, 1.165) is 28.4 Å². The Morgan fingerprint density at radius 2 is 1.80 bits per heavy atom. The lowest BCUT2D eigenvalue weighted by Crippen LogP contribution is -2.37. The van der Waals surface area contributed by atoms with Crippen molar-refractivity contribution >= 4 is 52.4 Å². The van der Waals surface area contributed by atoms with E-state index in [2.05, 4.69) is 17.1 Å². The first-order valence-electron chi connectivity index (χ1n) is 9.32. The minimum absolute atomic E-state index is 0. The maximum absolute atomic E-state index is 12.6. The van der Waals surface area contributed by atoms with Crippen molar-refractivity contribution in [2.45, 2.75) is 19.9 Å². The quantitative estimate of drug-likeness (QED) is 0.678. The smallest absolute Gasteiger partial charge is 0.262 e. The first kappa shape index (κ1) is 21.9. The van der Waals surface area contributed by atoms with Crippen LogP contribution >= 0.6 is 23.7 Å². The van der Waals surface area contributed by atoms with Crippen LogP contribution in [0.1, 0.15) is 48.4 Å². The molecule has 30 heavy (non-hydrogen) atoms. The van der Waals surface area contributed by atoms with Gasteiger partial charge in [-0.2, -0.15) is 0 Å². The van der Waals surface area contributed by atoms with E-state index in [4.69, 9.17) is 5.73 Å². The average molecular weight is 449 g/mol. The van der Waals surface area contributed by atoms with E-state index in [1.54, 1.807) is 24.3 Å². The molecule has 0 atom stereocenters. The number of imide groups is 1. The highest BCUT2D eigenvalue weighted by molar-refractivity contribution is 7.17. The molecule has 1 aromatic heterocycles. The summed E-state index contributed by atoms with van der Waals surface area (Å²) in [6.45, 7) is 4.06. The molecule has 0 fully saturated rings. The first-order chi connectivity index (χ1) is 13.9. The largest absolute Gasteiger partial charge is 0.365 e. The summed E-state index contributed by atoms with van der Waals surface area (Å²) in [7, 11) is 0. The van der Waals surface area contributed by atoms with E-state index in [0.29, 0.717) is 23.5 Å². The summed E-state index contributed by atoms with van der Waals surface area (Å²) in [5, 5.41) is 3.07. The van der Waals surface area contributed by atoms with Gasteiger partial charge in [0, 0.05) is 18.0 Å². The van der Waals surface area contributed by atoms with Gasteiger partial charge in [0.25, 0.3) is 17.7 Å². The molecule has 8 nitrogen and oxygen atoms in total.